The zero-order chi connectivity index (χ0) is 14.9. The molecule has 0 bridgehead atoms. The molecule has 1 saturated carbocycles. The predicted molar refractivity (Wildman–Crippen MR) is 81.2 cm³/mol. The van der Waals surface area contributed by atoms with Crippen molar-refractivity contribution in [3.63, 3.8) is 0 Å². The topological polar surface area (TPSA) is 40.5 Å². The third-order valence-electron chi connectivity index (χ3n) is 3.75. The van der Waals surface area contributed by atoms with Gasteiger partial charge in [0.1, 0.15) is 0 Å². The van der Waals surface area contributed by atoms with Crippen LogP contribution in [0.2, 0.25) is 10.0 Å². The van der Waals surface area contributed by atoms with Crippen LogP contribution in [0, 0.1) is 5.92 Å². The maximum Gasteiger partial charge on any atom is 0.226 e. The highest BCUT2D eigenvalue weighted by atomic mass is 35.5. The van der Waals surface area contributed by atoms with Gasteiger partial charge in [0.25, 0.3) is 0 Å². The molecule has 3 unspecified atom stereocenters. The second-order valence-corrected chi connectivity index (χ2v) is 6.27. The highest BCUT2D eigenvalue weighted by molar-refractivity contribution is 6.42. The van der Waals surface area contributed by atoms with Gasteiger partial charge in [-0.15, -0.1) is 0 Å². The van der Waals surface area contributed by atoms with Gasteiger partial charge >= 0.3 is 0 Å². The highest BCUT2D eigenvalue weighted by Gasteiger charge is 2.46. The Morgan fingerprint density at radius 1 is 1.50 bits per heavy atom. The lowest BCUT2D eigenvalue weighted by Crippen LogP contribution is -2.31. The minimum atomic E-state index is -0.386. The van der Waals surface area contributed by atoms with Crippen molar-refractivity contribution >= 4 is 29.1 Å². The van der Waals surface area contributed by atoms with E-state index in [-0.39, 0.29) is 23.8 Å². The van der Waals surface area contributed by atoms with Crippen molar-refractivity contribution < 1.29 is 9.90 Å². The number of benzene rings is 1. The number of rotatable bonds is 5. The van der Waals surface area contributed by atoms with Crippen LogP contribution >= 0.6 is 23.2 Å². The first-order chi connectivity index (χ1) is 9.41. The van der Waals surface area contributed by atoms with Gasteiger partial charge in [0.05, 0.1) is 16.1 Å². The van der Waals surface area contributed by atoms with Gasteiger partial charge in [-0.05, 0) is 37.3 Å². The minimum absolute atomic E-state index is 0.00929. The Kier molecular flexibility index (Phi) is 4.95. The van der Waals surface area contributed by atoms with Crippen molar-refractivity contribution in [1.82, 2.24) is 4.90 Å². The quantitative estimate of drug-likeness (QED) is 0.905. The number of carbonyl (C=O) groups excluding carboxylic acids is 1. The number of halogens is 2. The normalized spacial score (nSPS) is 22.4. The molecule has 1 aliphatic rings. The van der Waals surface area contributed by atoms with Crippen LogP contribution in [0.4, 0.5) is 0 Å². The summed E-state index contributed by atoms with van der Waals surface area (Å²) in [5, 5.41) is 10.4. The fraction of sp³-hybridized carbons (Fsp3) is 0.533. The standard InChI is InChI=1S/C15H19Cl2NO2/c1-9(19)6-7-18(2)15(20)12-8-11(12)10-4-3-5-13(16)14(10)17/h3-5,9,11-12,19H,6-8H2,1-2H3. The molecular formula is C15H19Cl2NO2. The number of hydrogen-bond acceptors (Lipinski definition) is 2. The lowest BCUT2D eigenvalue weighted by atomic mass is 10.1. The molecule has 1 aromatic rings. The van der Waals surface area contributed by atoms with Gasteiger partial charge in [0.15, 0.2) is 0 Å². The summed E-state index contributed by atoms with van der Waals surface area (Å²) in [4.78, 5) is 14.0. The Bertz CT molecular complexity index is 505. The number of hydrogen-bond donors (Lipinski definition) is 1. The molecule has 1 aliphatic carbocycles. The molecule has 3 nitrogen and oxygen atoms in total. The summed E-state index contributed by atoms with van der Waals surface area (Å²) in [7, 11) is 1.78. The fourth-order valence-electron chi connectivity index (χ4n) is 2.39. The maximum atomic E-state index is 12.3. The summed E-state index contributed by atoms with van der Waals surface area (Å²) >= 11 is 12.2. The van der Waals surface area contributed by atoms with E-state index in [2.05, 4.69) is 0 Å². The molecule has 5 heteroatoms. The first kappa shape index (κ1) is 15.6. The van der Waals surface area contributed by atoms with Gasteiger partial charge in [0, 0.05) is 19.5 Å². The van der Waals surface area contributed by atoms with Crippen LogP contribution in [0.1, 0.15) is 31.2 Å². The number of aliphatic hydroxyl groups excluding tert-OH is 1. The van der Waals surface area contributed by atoms with E-state index in [1.165, 1.54) is 0 Å². The molecule has 1 N–H and O–H groups in total. The van der Waals surface area contributed by atoms with Crippen molar-refractivity contribution in [2.75, 3.05) is 13.6 Å². The van der Waals surface area contributed by atoms with E-state index in [1.54, 1.807) is 24.9 Å². The molecule has 1 aromatic carbocycles. The van der Waals surface area contributed by atoms with Gasteiger partial charge in [-0.2, -0.15) is 0 Å². The zero-order valence-electron chi connectivity index (χ0n) is 11.6. The van der Waals surface area contributed by atoms with Crippen LogP contribution in [-0.2, 0) is 4.79 Å². The van der Waals surface area contributed by atoms with Gasteiger partial charge in [-0.25, -0.2) is 0 Å². The van der Waals surface area contributed by atoms with Gasteiger partial charge in [-0.1, -0.05) is 35.3 Å². The van der Waals surface area contributed by atoms with E-state index in [0.29, 0.717) is 23.0 Å². The molecule has 0 aromatic heterocycles. The molecule has 0 heterocycles. The molecule has 110 valence electrons. The van der Waals surface area contributed by atoms with Crippen LogP contribution in [0.3, 0.4) is 0 Å². The van der Waals surface area contributed by atoms with E-state index >= 15 is 0 Å². The molecule has 3 atom stereocenters. The molecule has 0 aliphatic heterocycles. The summed E-state index contributed by atoms with van der Waals surface area (Å²) < 4.78 is 0. The smallest absolute Gasteiger partial charge is 0.226 e. The average Bonchev–Trinajstić information content (AvgIpc) is 3.18. The first-order valence-electron chi connectivity index (χ1n) is 6.78. The second kappa shape index (κ2) is 6.33. The minimum Gasteiger partial charge on any atom is -0.393 e. The number of carbonyl (C=O) groups is 1. The summed E-state index contributed by atoms with van der Waals surface area (Å²) in [6.45, 7) is 2.30. The second-order valence-electron chi connectivity index (χ2n) is 5.49. The predicted octanol–water partition coefficient (Wildman–Crippen LogP) is 3.33. The lowest BCUT2D eigenvalue weighted by Gasteiger charge is -2.18. The van der Waals surface area contributed by atoms with Crippen LogP contribution < -0.4 is 0 Å². The molecule has 0 saturated heterocycles. The van der Waals surface area contributed by atoms with Crippen LogP contribution in [0.5, 0.6) is 0 Å². The van der Waals surface area contributed by atoms with Crippen molar-refractivity contribution in [3.8, 4) is 0 Å². The Labute approximate surface area is 129 Å². The number of aliphatic hydroxyl groups is 1. The summed E-state index contributed by atoms with van der Waals surface area (Å²) in [6, 6.07) is 5.55. The molecule has 2 rings (SSSR count). The van der Waals surface area contributed by atoms with E-state index in [9.17, 15) is 9.90 Å². The third-order valence-corrected chi connectivity index (χ3v) is 4.58. The molecule has 20 heavy (non-hydrogen) atoms. The Hall–Kier alpha value is -0.770. The summed E-state index contributed by atoms with van der Waals surface area (Å²) in [5.74, 6) is 0.277. The largest absolute Gasteiger partial charge is 0.393 e. The van der Waals surface area contributed by atoms with Crippen molar-refractivity contribution in [2.45, 2.75) is 31.8 Å². The molecule has 1 fully saturated rings. The average molecular weight is 316 g/mol. The SMILES string of the molecule is CC(O)CCN(C)C(=O)C1CC1c1cccc(Cl)c1Cl. The molecule has 0 spiro atoms. The Balaban J connectivity index is 1.97. The van der Waals surface area contributed by atoms with Crippen LogP contribution in [0.15, 0.2) is 18.2 Å². The van der Waals surface area contributed by atoms with E-state index < -0.39 is 0 Å². The summed E-state index contributed by atoms with van der Waals surface area (Å²) in [6.07, 6.45) is 1.03. The molecule has 0 radical (unpaired) electrons. The third kappa shape index (κ3) is 3.46. The van der Waals surface area contributed by atoms with E-state index in [4.69, 9.17) is 23.2 Å². The number of amides is 1. The van der Waals surface area contributed by atoms with Crippen molar-refractivity contribution in [1.29, 1.82) is 0 Å². The Morgan fingerprint density at radius 2 is 2.20 bits per heavy atom. The van der Waals surface area contributed by atoms with Gasteiger partial charge in [-0.3, -0.25) is 4.79 Å². The van der Waals surface area contributed by atoms with Crippen molar-refractivity contribution in [3.05, 3.63) is 33.8 Å². The molecule has 1 amide bonds. The van der Waals surface area contributed by atoms with Crippen LogP contribution in [0.25, 0.3) is 0 Å². The van der Waals surface area contributed by atoms with E-state index in [0.717, 1.165) is 12.0 Å². The first-order valence-corrected chi connectivity index (χ1v) is 7.54. The zero-order valence-corrected chi connectivity index (χ0v) is 13.2. The summed E-state index contributed by atoms with van der Waals surface area (Å²) in [5.41, 5.74) is 0.960. The fourth-order valence-corrected chi connectivity index (χ4v) is 2.84. The van der Waals surface area contributed by atoms with Crippen LogP contribution in [-0.4, -0.2) is 35.6 Å². The maximum absolute atomic E-state index is 12.3. The van der Waals surface area contributed by atoms with Crippen molar-refractivity contribution in [2.24, 2.45) is 5.92 Å². The van der Waals surface area contributed by atoms with Gasteiger partial charge in [0.2, 0.25) is 5.91 Å². The Morgan fingerprint density at radius 3 is 2.85 bits per heavy atom. The van der Waals surface area contributed by atoms with E-state index in [1.807, 2.05) is 12.1 Å². The highest BCUT2D eigenvalue weighted by Crippen LogP contribution is 2.51. The molecular weight excluding hydrogens is 297 g/mol. The lowest BCUT2D eigenvalue weighted by molar-refractivity contribution is -0.131. The monoisotopic (exact) mass is 315 g/mol. The van der Waals surface area contributed by atoms with Gasteiger partial charge < -0.3 is 10.0 Å². The number of nitrogens with zero attached hydrogens (tertiary/aromatic N) is 1.